The maximum absolute atomic E-state index is 11.9. The van der Waals surface area contributed by atoms with Crippen molar-refractivity contribution < 1.29 is 14.6 Å². The molecular weight excluding hydrogens is 394 g/mol. The van der Waals surface area contributed by atoms with Crippen molar-refractivity contribution in [3.63, 3.8) is 0 Å². The number of aryl methyl sites for hydroxylation is 1. The van der Waals surface area contributed by atoms with Crippen LogP contribution >= 0.6 is 0 Å². The van der Waals surface area contributed by atoms with Gasteiger partial charge in [0.15, 0.2) is 5.96 Å². The summed E-state index contributed by atoms with van der Waals surface area (Å²) in [4.78, 5) is 18.6. The molecule has 1 fully saturated rings. The number of aliphatic imine (C=N–C) groups is 1. The standard InChI is InChI=1S/C23H39N5O3/c1-4-11-25-22(30)16-28-12-9-19(10-13-28)27-23(24-5-2)26-15-20(29)17-31-21-8-6-7-18(3)14-21/h6-8,14,19-20,29H,4-5,9-13,15-17H2,1-3H3,(H,25,30)(H2,24,26,27). The summed E-state index contributed by atoms with van der Waals surface area (Å²) in [5.74, 6) is 1.56. The van der Waals surface area contributed by atoms with Crippen LogP contribution in [0.15, 0.2) is 29.3 Å². The first-order valence-electron chi connectivity index (χ1n) is 11.4. The highest BCUT2D eigenvalue weighted by Crippen LogP contribution is 2.13. The van der Waals surface area contributed by atoms with Gasteiger partial charge in [0.25, 0.3) is 0 Å². The van der Waals surface area contributed by atoms with E-state index in [-0.39, 0.29) is 19.1 Å². The highest BCUT2D eigenvalue weighted by atomic mass is 16.5. The van der Waals surface area contributed by atoms with E-state index in [1.54, 1.807) is 0 Å². The Morgan fingerprint density at radius 1 is 1.29 bits per heavy atom. The van der Waals surface area contributed by atoms with Gasteiger partial charge in [0, 0.05) is 32.2 Å². The summed E-state index contributed by atoms with van der Waals surface area (Å²) in [5, 5.41) is 19.9. The number of guanidine groups is 1. The van der Waals surface area contributed by atoms with E-state index in [1.165, 1.54) is 0 Å². The molecule has 1 aromatic carbocycles. The Labute approximate surface area is 186 Å². The monoisotopic (exact) mass is 433 g/mol. The van der Waals surface area contributed by atoms with Crippen LogP contribution < -0.4 is 20.7 Å². The zero-order valence-electron chi connectivity index (χ0n) is 19.2. The molecular formula is C23H39N5O3. The van der Waals surface area contributed by atoms with Crippen LogP contribution in [-0.4, -0.2) is 79.9 Å². The van der Waals surface area contributed by atoms with Gasteiger partial charge in [-0.25, -0.2) is 0 Å². The number of likely N-dealkylation sites (tertiary alicyclic amines) is 1. The van der Waals surface area contributed by atoms with E-state index >= 15 is 0 Å². The van der Waals surface area contributed by atoms with Crippen LogP contribution in [0.4, 0.5) is 0 Å². The van der Waals surface area contributed by atoms with Gasteiger partial charge < -0.3 is 25.8 Å². The van der Waals surface area contributed by atoms with Crippen molar-refractivity contribution in [2.75, 3.05) is 45.9 Å². The van der Waals surface area contributed by atoms with Crippen LogP contribution in [0.3, 0.4) is 0 Å². The number of carbonyl (C=O) groups excluding carboxylic acids is 1. The first kappa shape index (κ1) is 24.9. The molecule has 8 heteroatoms. The van der Waals surface area contributed by atoms with Crippen molar-refractivity contribution in [1.29, 1.82) is 0 Å². The summed E-state index contributed by atoms with van der Waals surface area (Å²) in [6, 6.07) is 8.07. The molecule has 8 nitrogen and oxygen atoms in total. The second kappa shape index (κ2) is 13.9. The number of carbonyl (C=O) groups is 1. The summed E-state index contributed by atoms with van der Waals surface area (Å²) in [5.41, 5.74) is 1.12. The molecule has 4 N–H and O–H groups in total. The summed E-state index contributed by atoms with van der Waals surface area (Å²) in [6.07, 6.45) is 2.17. The Balaban J connectivity index is 1.73. The molecule has 1 amide bonds. The van der Waals surface area contributed by atoms with Gasteiger partial charge in [-0.1, -0.05) is 19.1 Å². The van der Waals surface area contributed by atoms with Crippen LogP contribution in [0.2, 0.25) is 0 Å². The molecule has 2 rings (SSSR count). The molecule has 1 unspecified atom stereocenters. The number of aliphatic hydroxyl groups excluding tert-OH is 1. The molecule has 0 aromatic heterocycles. The highest BCUT2D eigenvalue weighted by Gasteiger charge is 2.21. The smallest absolute Gasteiger partial charge is 0.234 e. The molecule has 0 spiro atoms. The lowest BCUT2D eigenvalue weighted by molar-refractivity contribution is -0.122. The second-order valence-corrected chi connectivity index (χ2v) is 8.05. The third kappa shape index (κ3) is 10.0. The first-order chi connectivity index (χ1) is 15.0. The molecule has 0 saturated carbocycles. The van der Waals surface area contributed by atoms with Gasteiger partial charge in [-0.3, -0.25) is 14.7 Å². The Hall–Kier alpha value is -2.32. The summed E-state index contributed by atoms with van der Waals surface area (Å²) >= 11 is 0. The molecule has 0 aliphatic carbocycles. The summed E-state index contributed by atoms with van der Waals surface area (Å²) in [6.45, 7) is 10.2. The van der Waals surface area contributed by atoms with E-state index < -0.39 is 6.10 Å². The number of aliphatic hydroxyl groups is 1. The third-order valence-electron chi connectivity index (χ3n) is 5.10. The van der Waals surface area contributed by atoms with Gasteiger partial charge in [-0.2, -0.15) is 0 Å². The topological polar surface area (TPSA) is 98.2 Å². The molecule has 1 saturated heterocycles. The van der Waals surface area contributed by atoms with Gasteiger partial charge in [0.1, 0.15) is 18.5 Å². The van der Waals surface area contributed by atoms with Crippen LogP contribution in [0.5, 0.6) is 5.75 Å². The second-order valence-electron chi connectivity index (χ2n) is 8.05. The van der Waals surface area contributed by atoms with Crippen molar-refractivity contribution in [3.05, 3.63) is 29.8 Å². The Morgan fingerprint density at radius 3 is 2.74 bits per heavy atom. The lowest BCUT2D eigenvalue weighted by atomic mass is 10.1. The minimum Gasteiger partial charge on any atom is -0.491 e. The molecule has 1 heterocycles. The average Bonchev–Trinajstić information content (AvgIpc) is 2.76. The number of hydrogen-bond donors (Lipinski definition) is 4. The number of hydrogen-bond acceptors (Lipinski definition) is 5. The maximum atomic E-state index is 11.9. The number of amides is 1. The SMILES string of the molecule is CCCNC(=O)CN1CCC(NC(=NCC(O)COc2cccc(C)c2)NCC)CC1. The maximum Gasteiger partial charge on any atom is 0.234 e. The molecule has 174 valence electrons. The fourth-order valence-corrected chi connectivity index (χ4v) is 3.42. The number of benzene rings is 1. The molecule has 1 aromatic rings. The van der Waals surface area contributed by atoms with Crippen molar-refractivity contribution in [3.8, 4) is 5.75 Å². The van der Waals surface area contributed by atoms with Crippen LogP contribution in [0, 0.1) is 6.92 Å². The van der Waals surface area contributed by atoms with E-state index in [0.29, 0.717) is 18.5 Å². The molecule has 0 radical (unpaired) electrons. The van der Waals surface area contributed by atoms with Gasteiger partial charge in [-0.05, 0) is 50.8 Å². The molecule has 1 atom stereocenters. The largest absolute Gasteiger partial charge is 0.491 e. The molecule has 31 heavy (non-hydrogen) atoms. The predicted octanol–water partition coefficient (Wildman–Crippen LogP) is 1.28. The minimum atomic E-state index is -0.681. The van der Waals surface area contributed by atoms with E-state index in [9.17, 15) is 9.90 Å². The zero-order valence-corrected chi connectivity index (χ0v) is 19.2. The molecule has 1 aliphatic heterocycles. The zero-order chi connectivity index (χ0) is 22.5. The highest BCUT2D eigenvalue weighted by molar-refractivity contribution is 5.80. The first-order valence-corrected chi connectivity index (χ1v) is 11.4. The fourth-order valence-electron chi connectivity index (χ4n) is 3.42. The van der Waals surface area contributed by atoms with Crippen LogP contribution in [-0.2, 0) is 4.79 Å². The number of rotatable bonds is 11. The Kier molecular flexibility index (Phi) is 11.2. The molecule has 1 aliphatic rings. The summed E-state index contributed by atoms with van der Waals surface area (Å²) < 4.78 is 5.66. The number of ether oxygens (including phenoxy) is 1. The van der Waals surface area contributed by atoms with Crippen LogP contribution in [0.1, 0.15) is 38.7 Å². The quantitative estimate of drug-likeness (QED) is 0.310. The van der Waals surface area contributed by atoms with E-state index in [2.05, 4.69) is 32.8 Å². The van der Waals surface area contributed by atoms with Crippen molar-refractivity contribution in [1.82, 2.24) is 20.9 Å². The normalized spacial score (nSPS) is 16.6. The van der Waals surface area contributed by atoms with Gasteiger partial charge >= 0.3 is 0 Å². The van der Waals surface area contributed by atoms with Gasteiger partial charge in [0.2, 0.25) is 5.91 Å². The van der Waals surface area contributed by atoms with E-state index in [1.807, 2.05) is 38.1 Å². The van der Waals surface area contributed by atoms with Crippen molar-refractivity contribution in [2.45, 2.75) is 52.2 Å². The number of nitrogens with zero attached hydrogens (tertiary/aromatic N) is 2. The van der Waals surface area contributed by atoms with Crippen molar-refractivity contribution >= 4 is 11.9 Å². The summed E-state index contributed by atoms with van der Waals surface area (Å²) in [7, 11) is 0. The predicted molar refractivity (Wildman–Crippen MR) is 125 cm³/mol. The van der Waals surface area contributed by atoms with Gasteiger partial charge in [0.05, 0.1) is 13.1 Å². The van der Waals surface area contributed by atoms with E-state index in [0.717, 1.165) is 56.8 Å². The number of piperidine rings is 1. The molecule has 0 bridgehead atoms. The lowest BCUT2D eigenvalue weighted by Crippen LogP contribution is -2.50. The Bertz CT molecular complexity index is 690. The lowest BCUT2D eigenvalue weighted by Gasteiger charge is -2.32. The van der Waals surface area contributed by atoms with E-state index in [4.69, 9.17) is 4.74 Å². The van der Waals surface area contributed by atoms with Crippen molar-refractivity contribution in [2.24, 2.45) is 4.99 Å². The Morgan fingerprint density at radius 2 is 2.06 bits per heavy atom. The van der Waals surface area contributed by atoms with Gasteiger partial charge in [-0.15, -0.1) is 0 Å². The third-order valence-corrected chi connectivity index (χ3v) is 5.10. The fraction of sp³-hybridized carbons (Fsp3) is 0.652. The number of nitrogens with one attached hydrogen (secondary N) is 3. The van der Waals surface area contributed by atoms with Crippen LogP contribution in [0.25, 0.3) is 0 Å². The minimum absolute atomic E-state index is 0.102. The average molecular weight is 434 g/mol.